The van der Waals surface area contributed by atoms with E-state index in [4.69, 9.17) is 11.6 Å². The first-order valence-corrected chi connectivity index (χ1v) is 10.8. The molecular formula is C21H20BrClN2O3. The predicted octanol–water partition coefficient (Wildman–Crippen LogP) is 3.79. The molecule has 0 aromatic heterocycles. The number of nitrogens with zero attached hydrogens (tertiary/aromatic N) is 1. The van der Waals surface area contributed by atoms with Gasteiger partial charge in [0.15, 0.2) is 0 Å². The summed E-state index contributed by atoms with van der Waals surface area (Å²) in [5.41, 5.74) is 1.41. The second-order valence-corrected chi connectivity index (χ2v) is 9.71. The molecule has 7 heteroatoms. The van der Waals surface area contributed by atoms with E-state index in [2.05, 4.69) is 33.4 Å². The SMILES string of the molecule is Cc1cc(Br)c(Cl)cc1NC(=O)[C@H](C)N1C(=O)[C@@H]2[C@H]3C=C[C@@H]([C@@H]4C[C@@H]34)[C@@H]2C1=O. The minimum absolute atomic E-state index is 0.157. The first-order chi connectivity index (χ1) is 13.3. The van der Waals surface area contributed by atoms with Crippen LogP contribution in [0.4, 0.5) is 5.69 Å². The number of hydrogen-bond donors (Lipinski definition) is 1. The van der Waals surface area contributed by atoms with Crippen molar-refractivity contribution in [3.8, 4) is 0 Å². The quantitative estimate of drug-likeness (QED) is 0.548. The van der Waals surface area contributed by atoms with Crippen molar-refractivity contribution in [3.05, 3.63) is 39.3 Å². The fourth-order valence-corrected chi connectivity index (χ4v) is 6.12. The highest BCUT2D eigenvalue weighted by molar-refractivity contribution is 9.10. The molecule has 1 saturated heterocycles. The summed E-state index contributed by atoms with van der Waals surface area (Å²) in [5.74, 6) is 0.0756. The largest absolute Gasteiger partial charge is 0.324 e. The first-order valence-electron chi connectivity index (χ1n) is 9.61. The van der Waals surface area contributed by atoms with Gasteiger partial charge in [-0.3, -0.25) is 19.3 Å². The molecule has 3 fully saturated rings. The van der Waals surface area contributed by atoms with Crippen molar-refractivity contribution in [3.63, 3.8) is 0 Å². The second-order valence-electron chi connectivity index (χ2n) is 8.45. The van der Waals surface area contributed by atoms with Crippen LogP contribution in [0.1, 0.15) is 18.9 Å². The number of allylic oxidation sites excluding steroid dienone is 2. The summed E-state index contributed by atoms with van der Waals surface area (Å²) in [6.07, 6.45) is 5.38. The van der Waals surface area contributed by atoms with E-state index >= 15 is 0 Å². The number of imide groups is 1. The van der Waals surface area contributed by atoms with Gasteiger partial charge in [0, 0.05) is 10.2 Å². The van der Waals surface area contributed by atoms with Crippen molar-refractivity contribution < 1.29 is 14.4 Å². The van der Waals surface area contributed by atoms with Crippen LogP contribution in [0, 0.1) is 42.4 Å². The summed E-state index contributed by atoms with van der Waals surface area (Å²) in [6.45, 7) is 3.48. The molecular weight excluding hydrogens is 444 g/mol. The molecule has 5 aliphatic rings. The van der Waals surface area contributed by atoms with Crippen LogP contribution < -0.4 is 5.32 Å². The number of carbonyl (C=O) groups is 3. The van der Waals surface area contributed by atoms with Gasteiger partial charge in [-0.2, -0.15) is 0 Å². The first kappa shape index (κ1) is 18.4. The van der Waals surface area contributed by atoms with Crippen LogP contribution in [0.2, 0.25) is 5.02 Å². The number of anilines is 1. The summed E-state index contributed by atoms with van der Waals surface area (Å²) in [5, 5.41) is 3.31. The van der Waals surface area contributed by atoms with Crippen LogP contribution in [0.15, 0.2) is 28.8 Å². The summed E-state index contributed by atoms with van der Waals surface area (Å²) in [7, 11) is 0. The van der Waals surface area contributed by atoms with Gasteiger partial charge in [-0.05, 0) is 77.6 Å². The molecule has 0 unspecified atom stereocenters. The van der Waals surface area contributed by atoms with Gasteiger partial charge < -0.3 is 5.32 Å². The molecule has 4 aliphatic carbocycles. The Morgan fingerprint density at radius 2 is 1.75 bits per heavy atom. The minimum Gasteiger partial charge on any atom is -0.324 e. The zero-order chi connectivity index (χ0) is 19.9. The molecule has 1 aromatic rings. The monoisotopic (exact) mass is 462 g/mol. The highest BCUT2D eigenvalue weighted by Crippen LogP contribution is 2.65. The number of amides is 3. The Morgan fingerprint density at radius 1 is 1.18 bits per heavy atom. The molecule has 2 bridgehead atoms. The number of likely N-dealkylation sites (tertiary alicyclic amines) is 1. The third kappa shape index (κ3) is 2.47. The van der Waals surface area contributed by atoms with Gasteiger partial charge >= 0.3 is 0 Å². The molecule has 28 heavy (non-hydrogen) atoms. The van der Waals surface area contributed by atoms with Crippen molar-refractivity contribution in [2.75, 3.05) is 5.32 Å². The Bertz CT molecular complexity index is 925. The van der Waals surface area contributed by atoms with Crippen molar-refractivity contribution in [1.29, 1.82) is 0 Å². The third-order valence-corrected chi connectivity index (χ3v) is 8.19. The van der Waals surface area contributed by atoms with E-state index < -0.39 is 6.04 Å². The Balaban J connectivity index is 1.38. The molecule has 1 heterocycles. The standard InChI is InChI=1S/C21H20BrClN2O3/c1-8-5-14(22)15(23)7-16(8)24-19(26)9(2)25-20(27)17-10-3-4-11(13-6-12(10)13)18(17)21(25)28/h3-5,7,9-13,17-18H,6H2,1-2H3,(H,24,26)/t9-,10-,11-,12-,13-,17-,18+/m0/s1. The number of hydrogen-bond acceptors (Lipinski definition) is 3. The number of nitrogens with one attached hydrogen (secondary N) is 1. The molecule has 2 saturated carbocycles. The zero-order valence-corrected chi connectivity index (χ0v) is 17.8. The van der Waals surface area contributed by atoms with Crippen LogP contribution in [-0.2, 0) is 14.4 Å². The van der Waals surface area contributed by atoms with Crippen LogP contribution in [0.3, 0.4) is 0 Å². The second kappa shape index (κ2) is 6.17. The van der Waals surface area contributed by atoms with Crippen molar-refractivity contribution >= 4 is 50.9 Å². The molecule has 3 amide bonds. The van der Waals surface area contributed by atoms with E-state index in [1.807, 2.05) is 13.0 Å². The topological polar surface area (TPSA) is 66.5 Å². The number of halogens is 2. The van der Waals surface area contributed by atoms with Crippen LogP contribution in [0.25, 0.3) is 0 Å². The maximum Gasteiger partial charge on any atom is 0.247 e. The molecule has 146 valence electrons. The van der Waals surface area contributed by atoms with E-state index in [0.29, 0.717) is 22.5 Å². The summed E-state index contributed by atoms with van der Waals surface area (Å²) in [4.78, 5) is 40.3. The number of aryl methyl sites for hydroxylation is 1. The average molecular weight is 464 g/mol. The minimum atomic E-state index is -0.858. The summed E-state index contributed by atoms with van der Waals surface area (Å²) in [6, 6.07) is 2.62. The van der Waals surface area contributed by atoms with Gasteiger partial charge in [0.1, 0.15) is 6.04 Å². The lowest BCUT2D eigenvalue weighted by Gasteiger charge is -2.37. The van der Waals surface area contributed by atoms with E-state index in [-0.39, 0.29) is 41.4 Å². The molecule has 1 N–H and O–H groups in total. The average Bonchev–Trinajstić information content (AvgIpc) is 3.43. The number of rotatable bonds is 3. The summed E-state index contributed by atoms with van der Waals surface area (Å²) >= 11 is 9.50. The molecule has 5 nitrogen and oxygen atoms in total. The fraction of sp³-hybridized carbons (Fsp3) is 0.476. The highest BCUT2D eigenvalue weighted by atomic mass is 79.9. The number of carbonyl (C=O) groups excluding carboxylic acids is 3. The Hall–Kier alpha value is -1.66. The molecule has 1 aromatic carbocycles. The molecule has 6 rings (SSSR count). The Morgan fingerprint density at radius 3 is 2.32 bits per heavy atom. The van der Waals surface area contributed by atoms with E-state index in [9.17, 15) is 14.4 Å². The predicted molar refractivity (Wildman–Crippen MR) is 109 cm³/mol. The smallest absolute Gasteiger partial charge is 0.247 e. The Kier molecular flexibility index (Phi) is 4.05. The van der Waals surface area contributed by atoms with Gasteiger partial charge in [0.05, 0.1) is 16.9 Å². The van der Waals surface area contributed by atoms with E-state index in [0.717, 1.165) is 16.5 Å². The maximum absolute atomic E-state index is 13.1. The highest BCUT2D eigenvalue weighted by Gasteiger charge is 2.67. The van der Waals surface area contributed by atoms with E-state index in [1.165, 1.54) is 4.90 Å². The van der Waals surface area contributed by atoms with Crippen molar-refractivity contribution in [2.45, 2.75) is 26.3 Å². The third-order valence-electron chi connectivity index (χ3n) is 6.99. The molecule has 7 atom stereocenters. The van der Waals surface area contributed by atoms with Gasteiger partial charge in [0.2, 0.25) is 17.7 Å². The number of benzene rings is 1. The zero-order valence-electron chi connectivity index (χ0n) is 15.5. The molecule has 1 aliphatic heterocycles. The van der Waals surface area contributed by atoms with Crippen LogP contribution in [0.5, 0.6) is 0 Å². The van der Waals surface area contributed by atoms with Crippen LogP contribution >= 0.6 is 27.5 Å². The lowest BCUT2D eigenvalue weighted by molar-refractivity contribution is -0.146. The van der Waals surface area contributed by atoms with Crippen LogP contribution in [-0.4, -0.2) is 28.7 Å². The lowest BCUT2D eigenvalue weighted by Crippen LogP contribution is -2.46. The Labute approximate surface area is 176 Å². The van der Waals surface area contributed by atoms with Crippen molar-refractivity contribution in [1.82, 2.24) is 4.90 Å². The maximum atomic E-state index is 13.1. The van der Waals surface area contributed by atoms with Crippen molar-refractivity contribution in [2.24, 2.45) is 35.5 Å². The van der Waals surface area contributed by atoms with Gasteiger partial charge in [0.25, 0.3) is 0 Å². The summed E-state index contributed by atoms with van der Waals surface area (Å²) < 4.78 is 0.744. The van der Waals surface area contributed by atoms with Gasteiger partial charge in [-0.25, -0.2) is 0 Å². The lowest BCUT2D eigenvalue weighted by atomic mass is 9.63. The normalized spacial score (nSPS) is 35.6. The van der Waals surface area contributed by atoms with Gasteiger partial charge in [-0.15, -0.1) is 0 Å². The van der Waals surface area contributed by atoms with Gasteiger partial charge in [-0.1, -0.05) is 23.8 Å². The molecule has 0 radical (unpaired) electrons. The van der Waals surface area contributed by atoms with E-state index in [1.54, 1.807) is 13.0 Å². The fourth-order valence-electron chi connectivity index (χ4n) is 5.50. The molecule has 0 spiro atoms.